The maximum absolute atomic E-state index is 12.6. The van der Waals surface area contributed by atoms with Crippen LogP contribution in [0.15, 0.2) is 23.0 Å². The summed E-state index contributed by atoms with van der Waals surface area (Å²) in [5.41, 5.74) is 3.28. The Morgan fingerprint density at radius 3 is 2.72 bits per heavy atom. The van der Waals surface area contributed by atoms with Gasteiger partial charge in [-0.05, 0) is 62.2 Å². The fourth-order valence-corrected chi connectivity index (χ4v) is 4.85. The van der Waals surface area contributed by atoms with Crippen molar-refractivity contribution < 1.29 is 4.79 Å². The van der Waals surface area contributed by atoms with Gasteiger partial charge in [0.25, 0.3) is 5.91 Å². The summed E-state index contributed by atoms with van der Waals surface area (Å²) in [6.45, 7) is 8.17. The van der Waals surface area contributed by atoms with Crippen molar-refractivity contribution in [3.8, 4) is 0 Å². The lowest BCUT2D eigenvalue weighted by molar-refractivity contribution is 0.0628. The Hall–Kier alpha value is -1.66. The summed E-state index contributed by atoms with van der Waals surface area (Å²) in [5, 5.41) is 9.25. The molecule has 2 aliphatic heterocycles. The second kappa shape index (κ2) is 6.25. The molecule has 0 aromatic carbocycles. The van der Waals surface area contributed by atoms with Crippen LogP contribution < -0.4 is 0 Å². The van der Waals surface area contributed by atoms with Crippen LogP contribution in [0.25, 0.3) is 0 Å². The molecule has 0 bridgehead atoms. The minimum Gasteiger partial charge on any atom is -0.341 e. The third-order valence-electron chi connectivity index (χ3n) is 5.68. The normalized spacial score (nSPS) is 20.5. The maximum atomic E-state index is 12.6. The van der Waals surface area contributed by atoms with Gasteiger partial charge in [-0.2, -0.15) is 16.4 Å². The molecule has 1 amide bonds. The van der Waals surface area contributed by atoms with E-state index in [1.54, 1.807) is 11.3 Å². The van der Waals surface area contributed by atoms with Crippen molar-refractivity contribution in [2.75, 3.05) is 26.7 Å². The van der Waals surface area contributed by atoms with Crippen LogP contribution in [-0.2, 0) is 12.0 Å². The standard InChI is InChI=1S/C19H26N4OS/c1-14(2)23-11-16-17(20-23)19(13-21(3)18(16)24)5-7-22(8-6-19)10-15-4-9-25-12-15/h4,9,11-12,14H,5-8,10,13H2,1-3H3. The van der Waals surface area contributed by atoms with Gasteiger partial charge in [-0.3, -0.25) is 14.4 Å². The van der Waals surface area contributed by atoms with Gasteiger partial charge in [0.15, 0.2) is 0 Å². The number of carbonyl (C=O) groups excluding carboxylic acids is 1. The fraction of sp³-hybridized carbons (Fsp3) is 0.579. The lowest BCUT2D eigenvalue weighted by Gasteiger charge is -2.45. The van der Waals surface area contributed by atoms with Crippen molar-refractivity contribution >= 4 is 17.2 Å². The van der Waals surface area contributed by atoms with Gasteiger partial charge in [0.05, 0.1) is 11.3 Å². The molecule has 0 atom stereocenters. The molecule has 4 heterocycles. The summed E-state index contributed by atoms with van der Waals surface area (Å²) in [5.74, 6) is 0.119. The number of likely N-dealkylation sites (tertiary alicyclic amines) is 1. The van der Waals surface area contributed by atoms with Crippen molar-refractivity contribution in [3.05, 3.63) is 39.8 Å². The third-order valence-corrected chi connectivity index (χ3v) is 6.41. The van der Waals surface area contributed by atoms with Crippen molar-refractivity contribution in [2.24, 2.45) is 0 Å². The molecule has 0 radical (unpaired) electrons. The van der Waals surface area contributed by atoms with E-state index in [2.05, 4.69) is 35.6 Å². The molecule has 1 saturated heterocycles. The third kappa shape index (κ3) is 2.91. The molecule has 1 fully saturated rings. The maximum Gasteiger partial charge on any atom is 0.257 e. The Morgan fingerprint density at radius 1 is 1.32 bits per heavy atom. The Bertz CT molecular complexity index is 756. The number of nitrogens with zero attached hydrogens (tertiary/aromatic N) is 4. The molecule has 2 aliphatic rings. The van der Waals surface area contributed by atoms with Gasteiger partial charge in [-0.25, -0.2) is 0 Å². The molecule has 0 aliphatic carbocycles. The molecule has 25 heavy (non-hydrogen) atoms. The van der Waals surface area contributed by atoms with E-state index in [0.717, 1.165) is 50.3 Å². The number of hydrogen-bond donors (Lipinski definition) is 0. The zero-order chi connectivity index (χ0) is 17.6. The Kier molecular flexibility index (Phi) is 4.20. The predicted molar refractivity (Wildman–Crippen MR) is 100 cm³/mol. The van der Waals surface area contributed by atoms with Crippen LogP contribution in [0.4, 0.5) is 0 Å². The summed E-state index contributed by atoms with van der Waals surface area (Å²) in [4.78, 5) is 17.0. The topological polar surface area (TPSA) is 41.4 Å². The molecular formula is C19H26N4OS. The number of rotatable bonds is 3. The van der Waals surface area contributed by atoms with E-state index in [-0.39, 0.29) is 17.4 Å². The number of aromatic nitrogens is 2. The lowest BCUT2D eigenvalue weighted by Crippen LogP contribution is -2.53. The number of fused-ring (bicyclic) bond motifs is 2. The van der Waals surface area contributed by atoms with Gasteiger partial charge in [0, 0.05) is 37.8 Å². The largest absolute Gasteiger partial charge is 0.341 e. The number of thiophene rings is 1. The summed E-state index contributed by atoms with van der Waals surface area (Å²) in [6, 6.07) is 2.49. The molecule has 0 saturated carbocycles. The van der Waals surface area contributed by atoms with Crippen LogP contribution in [0.2, 0.25) is 0 Å². The molecule has 2 aromatic heterocycles. The van der Waals surface area contributed by atoms with Crippen molar-refractivity contribution in [1.82, 2.24) is 19.6 Å². The Morgan fingerprint density at radius 2 is 2.08 bits per heavy atom. The van der Waals surface area contributed by atoms with Gasteiger partial charge in [-0.15, -0.1) is 0 Å². The van der Waals surface area contributed by atoms with Gasteiger partial charge in [0.1, 0.15) is 0 Å². The van der Waals surface area contributed by atoms with Gasteiger partial charge >= 0.3 is 0 Å². The monoisotopic (exact) mass is 358 g/mol. The zero-order valence-electron chi connectivity index (χ0n) is 15.2. The van der Waals surface area contributed by atoms with E-state index in [0.29, 0.717) is 0 Å². The van der Waals surface area contributed by atoms with Crippen LogP contribution in [-0.4, -0.2) is 52.2 Å². The Labute approximate surface area is 153 Å². The van der Waals surface area contributed by atoms with Crippen LogP contribution in [0, 0.1) is 0 Å². The minimum atomic E-state index is 0.0171. The SMILES string of the molecule is CC(C)n1cc2c(n1)C1(CCN(Cc3ccsc3)CC1)CN(C)C2=O. The van der Waals surface area contributed by atoms with E-state index < -0.39 is 0 Å². The molecule has 2 aromatic rings. The van der Waals surface area contributed by atoms with Crippen LogP contribution in [0.5, 0.6) is 0 Å². The number of likely N-dealkylation sites (N-methyl/N-ethyl adjacent to an activating group) is 1. The first-order chi connectivity index (χ1) is 12.0. The minimum absolute atomic E-state index is 0.0171. The fourth-order valence-electron chi connectivity index (χ4n) is 4.19. The van der Waals surface area contributed by atoms with E-state index in [4.69, 9.17) is 5.10 Å². The predicted octanol–water partition coefficient (Wildman–Crippen LogP) is 3.14. The molecule has 134 valence electrons. The van der Waals surface area contributed by atoms with E-state index in [1.165, 1.54) is 5.56 Å². The van der Waals surface area contributed by atoms with Crippen LogP contribution in [0.1, 0.15) is 54.3 Å². The number of hydrogen-bond acceptors (Lipinski definition) is 4. The highest BCUT2D eigenvalue weighted by molar-refractivity contribution is 7.07. The first kappa shape index (κ1) is 16.8. The molecule has 0 N–H and O–H groups in total. The van der Waals surface area contributed by atoms with E-state index >= 15 is 0 Å². The Balaban J connectivity index is 1.58. The van der Waals surface area contributed by atoms with Crippen molar-refractivity contribution in [2.45, 2.75) is 44.7 Å². The zero-order valence-corrected chi connectivity index (χ0v) is 16.1. The molecular weight excluding hydrogens is 332 g/mol. The van der Waals surface area contributed by atoms with Crippen molar-refractivity contribution in [1.29, 1.82) is 0 Å². The highest BCUT2D eigenvalue weighted by atomic mass is 32.1. The first-order valence-electron chi connectivity index (χ1n) is 9.07. The second-order valence-electron chi connectivity index (χ2n) is 7.81. The van der Waals surface area contributed by atoms with E-state index in [1.807, 2.05) is 22.8 Å². The highest BCUT2D eigenvalue weighted by Crippen LogP contribution is 2.41. The number of piperidine rings is 1. The van der Waals surface area contributed by atoms with Gasteiger partial charge < -0.3 is 4.90 Å². The number of amides is 1. The summed E-state index contributed by atoms with van der Waals surface area (Å²) >= 11 is 1.76. The molecule has 0 unspecified atom stereocenters. The molecule has 1 spiro atoms. The molecule has 5 nitrogen and oxygen atoms in total. The molecule has 6 heteroatoms. The summed E-state index contributed by atoms with van der Waals surface area (Å²) < 4.78 is 1.96. The average Bonchev–Trinajstić information content (AvgIpc) is 3.25. The quantitative estimate of drug-likeness (QED) is 0.846. The van der Waals surface area contributed by atoms with Crippen LogP contribution >= 0.6 is 11.3 Å². The van der Waals surface area contributed by atoms with Gasteiger partial charge in [-0.1, -0.05) is 0 Å². The van der Waals surface area contributed by atoms with Crippen molar-refractivity contribution in [3.63, 3.8) is 0 Å². The highest BCUT2D eigenvalue weighted by Gasteiger charge is 2.46. The number of carbonyl (C=O) groups is 1. The average molecular weight is 359 g/mol. The van der Waals surface area contributed by atoms with Gasteiger partial charge in [0.2, 0.25) is 0 Å². The summed E-state index contributed by atoms with van der Waals surface area (Å²) in [6.07, 6.45) is 4.09. The molecule has 4 rings (SSSR count). The summed E-state index contributed by atoms with van der Waals surface area (Å²) in [7, 11) is 1.93. The van der Waals surface area contributed by atoms with Crippen LogP contribution in [0.3, 0.4) is 0 Å². The smallest absolute Gasteiger partial charge is 0.257 e. The second-order valence-corrected chi connectivity index (χ2v) is 8.59. The van der Waals surface area contributed by atoms with E-state index in [9.17, 15) is 4.79 Å². The lowest BCUT2D eigenvalue weighted by atomic mass is 9.72. The first-order valence-corrected chi connectivity index (χ1v) is 10.0.